The molecule has 0 radical (unpaired) electrons. The topological polar surface area (TPSA) is 44.5 Å². The number of hydrogen-bond donors (Lipinski definition) is 1. The van der Waals surface area contributed by atoms with Crippen LogP contribution in [0.3, 0.4) is 0 Å². The first-order valence-corrected chi connectivity index (χ1v) is 3.31. The Labute approximate surface area is 56.1 Å². The Morgan fingerprint density at radius 1 is 1.33 bits per heavy atom. The molecule has 0 aliphatic rings. The van der Waals surface area contributed by atoms with Gasteiger partial charge in [0.25, 0.3) is 0 Å². The molecule has 0 aromatic rings. The second-order valence-electron chi connectivity index (χ2n) is 1.90. The van der Waals surface area contributed by atoms with Crippen LogP contribution >= 0.6 is 0 Å². The van der Waals surface area contributed by atoms with Crippen molar-refractivity contribution in [3.63, 3.8) is 0 Å². The molecule has 0 aliphatic carbocycles. The highest BCUT2D eigenvalue weighted by molar-refractivity contribution is 4.33. The van der Waals surface area contributed by atoms with Crippen LogP contribution in [-0.4, -0.2) is 13.4 Å². The summed E-state index contributed by atoms with van der Waals surface area (Å²) >= 11 is 0. The third-order valence-corrected chi connectivity index (χ3v) is 1.04. The van der Waals surface area contributed by atoms with Crippen LogP contribution in [0.2, 0.25) is 0 Å². The quantitative estimate of drug-likeness (QED) is 0.334. The van der Waals surface area contributed by atoms with Gasteiger partial charge in [0, 0.05) is 6.61 Å². The smallest absolute Gasteiger partial charge is 0.166 e. The summed E-state index contributed by atoms with van der Waals surface area (Å²) in [6, 6.07) is 0. The highest BCUT2D eigenvalue weighted by Crippen LogP contribution is 1.93. The molecule has 3 nitrogen and oxygen atoms in total. The predicted molar refractivity (Wildman–Crippen MR) is 35.6 cm³/mol. The molecule has 0 rings (SSSR count). The summed E-state index contributed by atoms with van der Waals surface area (Å²) in [5.74, 6) is 4.72. The van der Waals surface area contributed by atoms with Crippen molar-refractivity contribution in [2.24, 2.45) is 5.90 Å². The van der Waals surface area contributed by atoms with Gasteiger partial charge in [-0.05, 0) is 6.42 Å². The molecule has 0 saturated carbocycles. The summed E-state index contributed by atoms with van der Waals surface area (Å²) in [5.41, 5.74) is 0. The van der Waals surface area contributed by atoms with Gasteiger partial charge in [0.2, 0.25) is 0 Å². The first kappa shape index (κ1) is 8.88. The molecule has 0 aromatic carbocycles. The van der Waals surface area contributed by atoms with Gasteiger partial charge in [-0.15, -0.1) is 0 Å². The number of nitrogens with two attached hydrogens (primary N) is 1. The average molecular weight is 133 g/mol. The minimum absolute atomic E-state index is 0.212. The van der Waals surface area contributed by atoms with Crippen molar-refractivity contribution >= 4 is 0 Å². The highest BCUT2D eigenvalue weighted by atomic mass is 16.7. The summed E-state index contributed by atoms with van der Waals surface area (Å²) in [6.45, 7) is 3.12. The van der Waals surface area contributed by atoms with Gasteiger partial charge in [-0.2, -0.15) is 0 Å². The van der Waals surface area contributed by atoms with Crippen LogP contribution in [0.4, 0.5) is 0 Å². The van der Waals surface area contributed by atoms with Crippen LogP contribution < -0.4 is 5.90 Å². The van der Waals surface area contributed by atoms with Gasteiger partial charge in [0.15, 0.2) is 6.79 Å². The van der Waals surface area contributed by atoms with Crippen LogP contribution in [0.1, 0.15) is 26.2 Å². The van der Waals surface area contributed by atoms with Crippen LogP contribution in [0.15, 0.2) is 0 Å². The van der Waals surface area contributed by atoms with E-state index in [-0.39, 0.29) is 6.79 Å². The van der Waals surface area contributed by atoms with Crippen molar-refractivity contribution in [2.75, 3.05) is 13.4 Å². The van der Waals surface area contributed by atoms with Gasteiger partial charge in [-0.1, -0.05) is 19.8 Å². The van der Waals surface area contributed by atoms with E-state index in [1.807, 2.05) is 0 Å². The highest BCUT2D eigenvalue weighted by Gasteiger charge is 1.84. The van der Waals surface area contributed by atoms with Gasteiger partial charge in [-0.3, -0.25) is 4.84 Å². The lowest BCUT2D eigenvalue weighted by molar-refractivity contribution is -0.0562. The van der Waals surface area contributed by atoms with E-state index in [4.69, 9.17) is 10.6 Å². The Morgan fingerprint density at radius 2 is 2.11 bits per heavy atom. The molecule has 0 saturated heterocycles. The van der Waals surface area contributed by atoms with E-state index in [9.17, 15) is 0 Å². The number of rotatable bonds is 6. The van der Waals surface area contributed by atoms with Crippen molar-refractivity contribution in [3.05, 3.63) is 0 Å². The molecule has 3 heteroatoms. The first-order valence-electron chi connectivity index (χ1n) is 3.31. The number of hydrogen-bond acceptors (Lipinski definition) is 3. The molecular formula is C6H15NO2. The van der Waals surface area contributed by atoms with Crippen LogP contribution in [-0.2, 0) is 9.57 Å². The van der Waals surface area contributed by atoms with Gasteiger partial charge < -0.3 is 4.74 Å². The molecular weight excluding hydrogens is 118 g/mol. The Bertz CT molecular complexity index is 44.3. The third kappa shape index (κ3) is 7.88. The molecule has 2 N–H and O–H groups in total. The van der Waals surface area contributed by atoms with Crippen molar-refractivity contribution in [1.82, 2.24) is 0 Å². The zero-order chi connectivity index (χ0) is 6.95. The third-order valence-electron chi connectivity index (χ3n) is 1.04. The molecule has 0 fully saturated rings. The molecule has 0 aromatic heterocycles. The van der Waals surface area contributed by atoms with Gasteiger partial charge in [0.05, 0.1) is 0 Å². The summed E-state index contributed by atoms with van der Waals surface area (Å²) in [6.07, 6.45) is 3.53. The summed E-state index contributed by atoms with van der Waals surface area (Å²) in [4.78, 5) is 4.20. The maximum atomic E-state index is 4.94. The van der Waals surface area contributed by atoms with Crippen LogP contribution in [0.5, 0.6) is 0 Å². The van der Waals surface area contributed by atoms with Gasteiger partial charge >= 0.3 is 0 Å². The van der Waals surface area contributed by atoms with E-state index in [1.165, 1.54) is 12.8 Å². The van der Waals surface area contributed by atoms with Gasteiger partial charge in [-0.25, -0.2) is 5.90 Å². The normalized spacial score (nSPS) is 10.0. The molecule has 56 valence electrons. The minimum Gasteiger partial charge on any atom is -0.354 e. The van der Waals surface area contributed by atoms with E-state index >= 15 is 0 Å². The molecule has 0 unspecified atom stereocenters. The zero-order valence-corrected chi connectivity index (χ0v) is 5.93. The molecule has 0 aliphatic heterocycles. The number of unbranched alkanes of at least 4 members (excludes halogenated alkanes) is 2. The lowest BCUT2D eigenvalue weighted by Gasteiger charge is -1.99. The Kier molecular flexibility index (Phi) is 7.77. The summed E-state index contributed by atoms with van der Waals surface area (Å²) in [7, 11) is 0. The fraction of sp³-hybridized carbons (Fsp3) is 1.00. The van der Waals surface area contributed by atoms with E-state index in [0.29, 0.717) is 0 Å². The molecule has 0 amide bonds. The molecule has 0 heterocycles. The van der Waals surface area contributed by atoms with E-state index < -0.39 is 0 Å². The minimum atomic E-state index is 0.212. The lowest BCUT2D eigenvalue weighted by atomic mass is 10.3. The summed E-state index contributed by atoms with van der Waals surface area (Å²) in [5, 5.41) is 0. The molecule has 0 spiro atoms. The SMILES string of the molecule is CCCCCOCON. The zero-order valence-electron chi connectivity index (χ0n) is 5.93. The van der Waals surface area contributed by atoms with Crippen LogP contribution in [0, 0.1) is 0 Å². The lowest BCUT2D eigenvalue weighted by Crippen LogP contribution is -2.05. The van der Waals surface area contributed by atoms with Crippen molar-refractivity contribution < 1.29 is 9.57 Å². The fourth-order valence-electron chi connectivity index (χ4n) is 0.561. The standard InChI is InChI=1S/C6H15NO2/c1-2-3-4-5-8-6-9-7/h2-7H2,1H3. The maximum absolute atomic E-state index is 4.94. The second-order valence-corrected chi connectivity index (χ2v) is 1.90. The van der Waals surface area contributed by atoms with Crippen molar-refractivity contribution in [2.45, 2.75) is 26.2 Å². The second kappa shape index (κ2) is 7.88. The maximum Gasteiger partial charge on any atom is 0.166 e. The van der Waals surface area contributed by atoms with Crippen molar-refractivity contribution in [3.8, 4) is 0 Å². The summed E-state index contributed by atoms with van der Waals surface area (Å²) < 4.78 is 4.94. The van der Waals surface area contributed by atoms with Crippen molar-refractivity contribution in [1.29, 1.82) is 0 Å². The van der Waals surface area contributed by atoms with E-state index in [1.54, 1.807) is 0 Å². The Hall–Kier alpha value is -0.120. The monoisotopic (exact) mass is 133 g/mol. The first-order chi connectivity index (χ1) is 4.41. The van der Waals surface area contributed by atoms with E-state index in [2.05, 4.69) is 11.8 Å². The van der Waals surface area contributed by atoms with Crippen LogP contribution in [0.25, 0.3) is 0 Å². The fourth-order valence-corrected chi connectivity index (χ4v) is 0.561. The average Bonchev–Trinajstić information content (AvgIpc) is 1.89. The Morgan fingerprint density at radius 3 is 2.67 bits per heavy atom. The Balaban J connectivity index is 2.60. The molecule has 0 bridgehead atoms. The van der Waals surface area contributed by atoms with E-state index in [0.717, 1.165) is 13.0 Å². The largest absolute Gasteiger partial charge is 0.354 e. The molecule has 0 atom stereocenters. The number of ether oxygens (including phenoxy) is 1. The van der Waals surface area contributed by atoms with Gasteiger partial charge in [0.1, 0.15) is 0 Å². The molecule has 9 heavy (non-hydrogen) atoms. The predicted octanol–water partition coefficient (Wildman–Crippen LogP) is 1.04.